The molecule has 0 saturated heterocycles. The molecule has 6 heteroatoms. The molecule has 112 valence electrons. The van der Waals surface area contributed by atoms with Gasteiger partial charge in [0.1, 0.15) is 0 Å². The molecular weight excluding hydrogens is 268 g/mol. The van der Waals surface area contributed by atoms with Gasteiger partial charge in [-0.05, 0) is 23.1 Å². The van der Waals surface area contributed by atoms with E-state index in [1.54, 1.807) is 0 Å². The van der Waals surface area contributed by atoms with Crippen molar-refractivity contribution in [2.24, 2.45) is 0 Å². The van der Waals surface area contributed by atoms with Crippen molar-refractivity contribution in [1.82, 2.24) is 15.0 Å². The summed E-state index contributed by atoms with van der Waals surface area (Å²) in [6, 6.07) is 8.55. The van der Waals surface area contributed by atoms with E-state index in [-0.39, 0.29) is 17.4 Å². The van der Waals surface area contributed by atoms with Gasteiger partial charge in [-0.25, -0.2) is 0 Å². The van der Waals surface area contributed by atoms with Gasteiger partial charge in [0.05, 0.1) is 14.2 Å². The molecule has 0 saturated carbocycles. The molecule has 0 aliphatic carbocycles. The molecule has 21 heavy (non-hydrogen) atoms. The smallest absolute Gasteiger partial charge is 0.324 e. The van der Waals surface area contributed by atoms with Gasteiger partial charge < -0.3 is 14.8 Å². The minimum absolute atomic E-state index is 0.123. The van der Waals surface area contributed by atoms with Crippen molar-refractivity contribution in [2.75, 3.05) is 19.5 Å². The fourth-order valence-corrected chi connectivity index (χ4v) is 1.76. The van der Waals surface area contributed by atoms with E-state index in [2.05, 4.69) is 53.2 Å². The summed E-state index contributed by atoms with van der Waals surface area (Å²) < 4.78 is 10.0. The fourth-order valence-electron chi connectivity index (χ4n) is 1.76. The van der Waals surface area contributed by atoms with Crippen LogP contribution in [0.15, 0.2) is 24.3 Å². The molecule has 1 aromatic carbocycles. The standard InChI is InChI=1S/C15H20N4O2/c1-15(2,3)10-6-8-11(9-7-10)16-12-17-13(20-4)19-14(18-12)21-5/h6-9H,1-5H3,(H,16,17,18,19). The Kier molecular flexibility index (Phi) is 4.26. The summed E-state index contributed by atoms with van der Waals surface area (Å²) in [6.07, 6.45) is 0. The Balaban J connectivity index is 2.22. The maximum absolute atomic E-state index is 5.02. The number of anilines is 2. The van der Waals surface area contributed by atoms with E-state index >= 15 is 0 Å². The molecule has 0 spiro atoms. The molecule has 1 N–H and O–H groups in total. The van der Waals surface area contributed by atoms with Gasteiger partial charge in [0.15, 0.2) is 0 Å². The molecule has 0 unspecified atom stereocenters. The zero-order chi connectivity index (χ0) is 15.5. The van der Waals surface area contributed by atoms with E-state index < -0.39 is 0 Å². The largest absolute Gasteiger partial charge is 0.467 e. The first-order valence-corrected chi connectivity index (χ1v) is 6.64. The van der Waals surface area contributed by atoms with Gasteiger partial charge in [0, 0.05) is 5.69 Å². The van der Waals surface area contributed by atoms with E-state index in [1.165, 1.54) is 19.8 Å². The lowest BCUT2D eigenvalue weighted by atomic mass is 9.87. The number of hydrogen-bond donors (Lipinski definition) is 1. The fraction of sp³-hybridized carbons (Fsp3) is 0.400. The maximum Gasteiger partial charge on any atom is 0.324 e. The lowest BCUT2D eigenvalue weighted by Crippen LogP contribution is -2.10. The number of methoxy groups -OCH3 is 2. The summed E-state index contributed by atoms with van der Waals surface area (Å²) in [4.78, 5) is 12.2. The molecule has 0 aliphatic heterocycles. The first-order valence-electron chi connectivity index (χ1n) is 6.64. The van der Waals surface area contributed by atoms with Gasteiger partial charge in [-0.2, -0.15) is 9.97 Å². The van der Waals surface area contributed by atoms with Crippen molar-refractivity contribution in [3.63, 3.8) is 0 Å². The normalized spacial score (nSPS) is 11.1. The Morgan fingerprint density at radius 1 is 0.857 bits per heavy atom. The van der Waals surface area contributed by atoms with Crippen LogP contribution in [0.2, 0.25) is 0 Å². The van der Waals surface area contributed by atoms with Crippen LogP contribution in [0.3, 0.4) is 0 Å². The Hall–Kier alpha value is -2.37. The summed E-state index contributed by atoms with van der Waals surface area (Å²) in [5.41, 5.74) is 2.27. The van der Waals surface area contributed by atoms with E-state index in [4.69, 9.17) is 9.47 Å². The summed E-state index contributed by atoms with van der Waals surface area (Å²) in [6.45, 7) is 6.53. The number of aromatic nitrogens is 3. The summed E-state index contributed by atoms with van der Waals surface area (Å²) in [7, 11) is 2.99. The summed E-state index contributed by atoms with van der Waals surface area (Å²) >= 11 is 0. The van der Waals surface area contributed by atoms with Gasteiger partial charge in [-0.3, -0.25) is 0 Å². The average molecular weight is 288 g/mol. The van der Waals surface area contributed by atoms with Gasteiger partial charge in [-0.15, -0.1) is 4.98 Å². The van der Waals surface area contributed by atoms with Crippen molar-refractivity contribution >= 4 is 11.6 Å². The molecule has 6 nitrogen and oxygen atoms in total. The Bertz CT molecular complexity index is 584. The second-order valence-electron chi connectivity index (χ2n) is 5.58. The highest BCUT2D eigenvalue weighted by Gasteiger charge is 2.13. The van der Waals surface area contributed by atoms with Crippen LogP contribution >= 0.6 is 0 Å². The first-order chi connectivity index (χ1) is 9.92. The van der Waals surface area contributed by atoms with Crippen LogP contribution in [0.25, 0.3) is 0 Å². The average Bonchev–Trinajstić information content (AvgIpc) is 2.46. The van der Waals surface area contributed by atoms with Crippen LogP contribution in [0, 0.1) is 0 Å². The number of nitrogens with one attached hydrogen (secondary N) is 1. The second kappa shape index (κ2) is 5.95. The third-order valence-corrected chi connectivity index (χ3v) is 2.97. The molecular formula is C15H20N4O2. The summed E-state index contributed by atoms with van der Waals surface area (Å²) in [5, 5.41) is 3.11. The van der Waals surface area contributed by atoms with Gasteiger partial charge in [0.2, 0.25) is 5.95 Å². The number of hydrogen-bond acceptors (Lipinski definition) is 6. The number of nitrogens with zero attached hydrogens (tertiary/aromatic N) is 3. The van der Waals surface area contributed by atoms with Crippen LogP contribution in [0.5, 0.6) is 12.0 Å². The number of benzene rings is 1. The zero-order valence-electron chi connectivity index (χ0n) is 13.0. The second-order valence-corrected chi connectivity index (χ2v) is 5.58. The van der Waals surface area contributed by atoms with Crippen LogP contribution in [-0.4, -0.2) is 29.2 Å². The van der Waals surface area contributed by atoms with E-state index in [1.807, 2.05) is 12.1 Å². The van der Waals surface area contributed by atoms with Crippen LogP contribution in [0.1, 0.15) is 26.3 Å². The minimum atomic E-state index is 0.123. The van der Waals surface area contributed by atoms with Crippen molar-refractivity contribution in [1.29, 1.82) is 0 Å². The number of ether oxygens (including phenoxy) is 2. The third-order valence-electron chi connectivity index (χ3n) is 2.97. The van der Waals surface area contributed by atoms with Crippen molar-refractivity contribution in [3.8, 4) is 12.0 Å². The highest BCUT2D eigenvalue weighted by molar-refractivity contribution is 5.54. The molecule has 1 aromatic heterocycles. The molecule has 0 atom stereocenters. The SMILES string of the molecule is COc1nc(Nc2ccc(C(C)(C)C)cc2)nc(OC)n1. The van der Waals surface area contributed by atoms with Crippen LogP contribution in [-0.2, 0) is 5.41 Å². The van der Waals surface area contributed by atoms with E-state index in [0.29, 0.717) is 5.95 Å². The maximum atomic E-state index is 5.02. The molecule has 1 heterocycles. The Morgan fingerprint density at radius 2 is 1.38 bits per heavy atom. The van der Waals surface area contributed by atoms with Crippen molar-refractivity contribution in [2.45, 2.75) is 26.2 Å². The monoisotopic (exact) mass is 288 g/mol. The lowest BCUT2D eigenvalue weighted by Gasteiger charge is -2.19. The molecule has 0 fully saturated rings. The predicted octanol–water partition coefficient (Wildman–Crippen LogP) is 2.93. The van der Waals surface area contributed by atoms with Gasteiger partial charge >= 0.3 is 12.0 Å². The van der Waals surface area contributed by atoms with Gasteiger partial charge in [0.25, 0.3) is 0 Å². The predicted molar refractivity (Wildman–Crippen MR) is 81.4 cm³/mol. The Labute approximate surface area is 124 Å². The molecule has 0 amide bonds. The highest BCUT2D eigenvalue weighted by Crippen LogP contribution is 2.24. The molecule has 0 bridgehead atoms. The van der Waals surface area contributed by atoms with Crippen LogP contribution in [0.4, 0.5) is 11.6 Å². The zero-order valence-corrected chi connectivity index (χ0v) is 13.0. The topological polar surface area (TPSA) is 69.2 Å². The van der Waals surface area contributed by atoms with Crippen LogP contribution < -0.4 is 14.8 Å². The number of rotatable bonds is 4. The third kappa shape index (κ3) is 3.81. The quantitative estimate of drug-likeness (QED) is 0.933. The van der Waals surface area contributed by atoms with Gasteiger partial charge in [-0.1, -0.05) is 32.9 Å². The molecule has 0 radical (unpaired) electrons. The molecule has 2 aromatic rings. The van der Waals surface area contributed by atoms with E-state index in [0.717, 1.165) is 5.69 Å². The molecule has 0 aliphatic rings. The Morgan fingerprint density at radius 3 is 1.81 bits per heavy atom. The lowest BCUT2D eigenvalue weighted by molar-refractivity contribution is 0.341. The van der Waals surface area contributed by atoms with Crippen molar-refractivity contribution in [3.05, 3.63) is 29.8 Å². The summed E-state index contributed by atoms with van der Waals surface area (Å²) in [5.74, 6) is 0.377. The van der Waals surface area contributed by atoms with E-state index in [9.17, 15) is 0 Å². The highest BCUT2D eigenvalue weighted by atomic mass is 16.5. The minimum Gasteiger partial charge on any atom is -0.467 e. The molecule has 2 rings (SSSR count). The van der Waals surface area contributed by atoms with Crippen molar-refractivity contribution < 1.29 is 9.47 Å². The first kappa shape index (κ1) is 15.0.